The summed E-state index contributed by atoms with van der Waals surface area (Å²) in [7, 11) is 0. The zero-order valence-corrected chi connectivity index (χ0v) is 11.3. The monoisotopic (exact) mass is 269 g/mol. The van der Waals surface area contributed by atoms with E-state index in [0.717, 1.165) is 18.7 Å². The van der Waals surface area contributed by atoms with E-state index in [2.05, 4.69) is 39.2 Å². The lowest BCUT2D eigenvalue weighted by Crippen LogP contribution is -2.01. The summed E-state index contributed by atoms with van der Waals surface area (Å²) in [5, 5.41) is 2.09. The van der Waals surface area contributed by atoms with Crippen molar-refractivity contribution in [2.24, 2.45) is 0 Å². The third-order valence-electron chi connectivity index (χ3n) is 3.11. The third kappa shape index (κ3) is 2.69. The van der Waals surface area contributed by atoms with Crippen molar-refractivity contribution in [3.05, 3.63) is 59.9 Å². The van der Waals surface area contributed by atoms with Gasteiger partial charge < -0.3 is 10.3 Å². The van der Waals surface area contributed by atoms with Gasteiger partial charge in [-0.15, -0.1) is 11.3 Å². The number of anilines is 1. The van der Waals surface area contributed by atoms with E-state index >= 15 is 0 Å². The summed E-state index contributed by atoms with van der Waals surface area (Å²) in [6.07, 6.45) is 4.80. The molecule has 2 heterocycles. The molecule has 0 saturated heterocycles. The predicted molar refractivity (Wildman–Crippen MR) is 80.1 cm³/mol. The summed E-state index contributed by atoms with van der Waals surface area (Å²) in [5.41, 5.74) is 8.98. The van der Waals surface area contributed by atoms with E-state index < -0.39 is 0 Å². The average Bonchev–Trinajstić information content (AvgIpc) is 3.08. The predicted octanol–water partition coefficient (Wildman–Crippen LogP) is 3.44. The number of hydrogen-bond donors (Lipinski definition) is 1. The number of aromatic nitrogens is 2. The van der Waals surface area contributed by atoms with Crippen LogP contribution in [0.4, 0.5) is 5.69 Å². The van der Waals surface area contributed by atoms with Crippen molar-refractivity contribution in [3.8, 4) is 10.6 Å². The summed E-state index contributed by atoms with van der Waals surface area (Å²) in [6.45, 7) is 0.928. The summed E-state index contributed by atoms with van der Waals surface area (Å²) in [4.78, 5) is 5.51. The molecular formula is C15H15N3S. The molecule has 3 nitrogen and oxygen atoms in total. The van der Waals surface area contributed by atoms with Crippen LogP contribution in [0.1, 0.15) is 5.56 Å². The fraction of sp³-hybridized carbons (Fsp3) is 0.133. The molecular weight excluding hydrogens is 254 g/mol. The number of thiophene rings is 1. The average molecular weight is 269 g/mol. The second-order valence-corrected chi connectivity index (χ2v) is 5.39. The molecule has 0 atom stereocenters. The number of aryl methyl sites for hydroxylation is 2. The topological polar surface area (TPSA) is 43.8 Å². The van der Waals surface area contributed by atoms with Gasteiger partial charge in [0.15, 0.2) is 0 Å². The standard InChI is InChI=1S/C15H15N3S/c16-13-5-3-12(4-6-13)7-8-18-11-17-10-14(18)15-2-1-9-19-15/h1-6,9-11H,7-8,16H2. The van der Waals surface area contributed by atoms with Gasteiger partial charge in [-0.05, 0) is 35.6 Å². The number of imidazole rings is 1. The number of benzene rings is 1. The summed E-state index contributed by atoms with van der Waals surface area (Å²) in [6, 6.07) is 12.2. The summed E-state index contributed by atoms with van der Waals surface area (Å²) >= 11 is 1.74. The van der Waals surface area contributed by atoms with Crippen LogP contribution >= 0.6 is 11.3 Å². The van der Waals surface area contributed by atoms with Gasteiger partial charge in [0.1, 0.15) is 0 Å². The molecule has 0 aliphatic rings. The van der Waals surface area contributed by atoms with E-state index in [0.29, 0.717) is 0 Å². The van der Waals surface area contributed by atoms with Gasteiger partial charge in [-0.1, -0.05) is 18.2 Å². The fourth-order valence-electron chi connectivity index (χ4n) is 2.06. The van der Waals surface area contributed by atoms with Gasteiger partial charge in [0, 0.05) is 12.2 Å². The first kappa shape index (κ1) is 12.0. The zero-order valence-electron chi connectivity index (χ0n) is 10.5. The van der Waals surface area contributed by atoms with Gasteiger partial charge in [0.25, 0.3) is 0 Å². The van der Waals surface area contributed by atoms with E-state index in [-0.39, 0.29) is 0 Å². The lowest BCUT2D eigenvalue weighted by atomic mass is 10.1. The molecule has 0 aliphatic carbocycles. The van der Waals surface area contributed by atoms with E-state index in [1.54, 1.807) is 11.3 Å². The SMILES string of the molecule is Nc1ccc(CCn2cncc2-c2cccs2)cc1. The quantitative estimate of drug-likeness (QED) is 0.737. The van der Waals surface area contributed by atoms with Gasteiger partial charge in [-0.25, -0.2) is 4.98 Å². The van der Waals surface area contributed by atoms with Crippen LogP contribution in [0.2, 0.25) is 0 Å². The molecule has 4 heteroatoms. The largest absolute Gasteiger partial charge is 0.399 e. The van der Waals surface area contributed by atoms with Crippen LogP contribution in [0.15, 0.2) is 54.3 Å². The minimum absolute atomic E-state index is 0.811. The second kappa shape index (κ2) is 5.28. The normalized spacial score (nSPS) is 10.7. The number of nitrogens with two attached hydrogens (primary N) is 1. The van der Waals surface area contributed by atoms with Gasteiger partial charge in [0.2, 0.25) is 0 Å². The molecule has 0 bridgehead atoms. The highest BCUT2D eigenvalue weighted by molar-refractivity contribution is 7.13. The Morgan fingerprint density at radius 3 is 2.74 bits per heavy atom. The van der Waals surface area contributed by atoms with Crippen LogP contribution in [-0.2, 0) is 13.0 Å². The third-order valence-corrected chi connectivity index (χ3v) is 4.00. The first-order valence-corrected chi connectivity index (χ1v) is 7.09. The molecule has 0 aliphatic heterocycles. The van der Waals surface area contributed by atoms with Crippen LogP contribution in [-0.4, -0.2) is 9.55 Å². The maximum Gasteiger partial charge on any atom is 0.0951 e. The zero-order chi connectivity index (χ0) is 13.1. The minimum atomic E-state index is 0.811. The van der Waals surface area contributed by atoms with Crippen LogP contribution in [0, 0.1) is 0 Å². The molecule has 0 fully saturated rings. The maximum absolute atomic E-state index is 5.69. The molecule has 0 unspecified atom stereocenters. The molecule has 0 spiro atoms. The highest BCUT2D eigenvalue weighted by Crippen LogP contribution is 2.24. The number of rotatable bonds is 4. The molecule has 0 amide bonds. The second-order valence-electron chi connectivity index (χ2n) is 4.44. The van der Waals surface area contributed by atoms with E-state index in [9.17, 15) is 0 Å². The molecule has 19 heavy (non-hydrogen) atoms. The van der Waals surface area contributed by atoms with Crippen molar-refractivity contribution in [2.75, 3.05) is 5.73 Å². The van der Waals surface area contributed by atoms with Crippen molar-refractivity contribution in [1.82, 2.24) is 9.55 Å². The molecule has 1 aromatic carbocycles. The Morgan fingerprint density at radius 2 is 2.00 bits per heavy atom. The Hall–Kier alpha value is -2.07. The first-order chi connectivity index (χ1) is 9.33. The number of nitrogen functional groups attached to an aromatic ring is 1. The summed E-state index contributed by atoms with van der Waals surface area (Å²) < 4.78 is 2.20. The Labute approximate surface area is 116 Å². The molecule has 0 radical (unpaired) electrons. The Morgan fingerprint density at radius 1 is 1.16 bits per heavy atom. The molecule has 3 rings (SSSR count). The van der Waals surface area contributed by atoms with Gasteiger partial charge in [-0.3, -0.25) is 0 Å². The molecule has 3 aromatic rings. The van der Waals surface area contributed by atoms with Gasteiger partial charge in [0.05, 0.1) is 23.1 Å². The lowest BCUT2D eigenvalue weighted by Gasteiger charge is -2.07. The van der Waals surface area contributed by atoms with E-state index in [4.69, 9.17) is 5.73 Å². The first-order valence-electron chi connectivity index (χ1n) is 6.21. The Balaban J connectivity index is 1.74. The van der Waals surface area contributed by atoms with Gasteiger partial charge in [-0.2, -0.15) is 0 Å². The van der Waals surface area contributed by atoms with E-state index in [1.165, 1.54) is 16.1 Å². The highest BCUT2D eigenvalue weighted by Gasteiger charge is 2.05. The van der Waals surface area contributed by atoms with E-state index in [1.807, 2.05) is 24.7 Å². The van der Waals surface area contributed by atoms with Crippen molar-refractivity contribution in [2.45, 2.75) is 13.0 Å². The molecule has 96 valence electrons. The van der Waals surface area contributed by atoms with Crippen LogP contribution in [0.5, 0.6) is 0 Å². The van der Waals surface area contributed by atoms with Crippen LogP contribution < -0.4 is 5.73 Å². The smallest absolute Gasteiger partial charge is 0.0951 e. The van der Waals surface area contributed by atoms with Crippen molar-refractivity contribution >= 4 is 17.0 Å². The Bertz CT molecular complexity index is 638. The van der Waals surface area contributed by atoms with Crippen molar-refractivity contribution < 1.29 is 0 Å². The molecule has 2 N–H and O–H groups in total. The fourth-order valence-corrected chi connectivity index (χ4v) is 2.81. The lowest BCUT2D eigenvalue weighted by molar-refractivity contribution is 0.702. The van der Waals surface area contributed by atoms with Gasteiger partial charge >= 0.3 is 0 Å². The van der Waals surface area contributed by atoms with Crippen molar-refractivity contribution in [3.63, 3.8) is 0 Å². The van der Waals surface area contributed by atoms with Crippen LogP contribution in [0.3, 0.4) is 0 Å². The van der Waals surface area contributed by atoms with Crippen LogP contribution in [0.25, 0.3) is 10.6 Å². The van der Waals surface area contributed by atoms with Crippen molar-refractivity contribution in [1.29, 1.82) is 0 Å². The highest BCUT2D eigenvalue weighted by atomic mass is 32.1. The molecule has 2 aromatic heterocycles. The molecule has 0 saturated carbocycles. The number of hydrogen-bond acceptors (Lipinski definition) is 3. The Kier molecular flexibility index (Phi) is 3.33. The number of nitrogens with zero attached hydrogens (tertiary/aromatic N) is 2. The summed E-state index contributed by atoms with van der Waals surface area (Å²) in [5.74, 6) is 0. The minimum Gasteiger partial charge on any atom is -0.399 e. The maximum atomic E-state index is 5.69.